The molecule has 1 aromatic heterocycles. The second kappa shape index (κ2) is 7.89. The number of halogens is 1. The normalized spacial score (nSPS) is 10.7. The Hall–Kier alpha value is -3.45. The van der Waals surface area contributed by atoms with E-state index in [4.69, 9.17) is 9.72 Å². The lowest BCUT2D eigenvalue weighted by molar-refractivity contribution is -0.385. The first-order valence-corrected chi connectivity index (χ1v) is 9.60. The van der Waals surface area contributed by atoms with Crippen molar-refractivity contribution in [2.75, 3.05) is 7.11 Å². The fourth-order valence-corrected chi connectivity index (χ4v) is 3.47. The van der Waals surface area contributed by atoms with Crippen LogP contribution >= 0.6 is 15.9 Å². The van der Waals surface area contributed by atoms with Gasteiger partial charge in [-0.3, -0.25) is 10.1 Å². The molecule has 1 heterocycles. The van der Waals surface area contributed by atoms with Crippen LogP contribution < -0.4 is 4.74 Å². The standard InChI is InChI=1S/C22H16BrN3O3/c1-29-17-10-7-15(8-11-17)21-20(14-5-3-2-4-6-14)24-22(25-21)16-9-12-18(23)19(13-16)26(27)28/h2-13H,1H3,(H,24,25). The van der Waals surface area contributed by atoms with Crippen LogP contribution in [0.3, 0.4) is 0 Å². The van der Waals surface area contributed by atoms with Gasteiger partial charge in [-0.2, -0.15) is 0 Å². The number of nitrogens with one attached hydrogen (secondary N) is 1. The Kier molecular flexibility index (Phi) is 5.14. The molecule has 144 valence electrons. The summed E-state index contributed by atoms with van der Waals surface area (Å²) < 4.78 is 5.67. The lowest BCUT2D eigenvalue weighted by atomic mass is 10.1. The first-order chi connectivity index (χ1) is 14.1. The Morgan fingerprint density at radius 3 is 2.31 bits per heavy atom. The van der Waals surface area contributed by atoms with Crippen LogP contribution in [0.5, 0.6) is 5.75 Å². The topological polar surface area (TPSA) is 81.0 Å². The zero-order valence-corrected chi connectivity index (χ0v) is 17.0. The molecule has 29 heavy (non-hydrogen) atoms. The Balaban J connectivity index is 1.88. The molecule has 3 aromatic carbocycles. The van der Waals surface area contributed by atoms with Gasteiger partial charge < -0.3 is 9.72 Å². The van der Waals surface area contributed by atoms with Crippen molar-refractivity contribution in [2.45, 2.75) is 0 Å². The van der Waals surface area contributed by atoms with E-state index in [0.29, 0.717) is 15.9 Å². The first kappa shape index (κ1) is 18.9. The third-order valence-corrected chi connectivity index (χ3v) is 5.22. The lowest BCUT2D eigenvalue weighted by Gasteiger charge is -2.04. The number of benzene rings is 3. The summed E-state index contributed by atoms with van der Waals surface area (Å²) in [6.07, 6.45) is 0. The fourth-order valence-electron chi connectivity index (χ4n) is 3.08. The van der Waals surface area contributed by atoms with Crippen LogP contribution in [0.4, 0.5) is 5.69 Å². The van der Waals surface area contributed by atoms with E-state index in [9.17, 15) is 10.1 Å². The molecule has 0 aliphatic rings. The van der Waals surface area contributed by atoms with Gasteiger partial charge in [-0.05, 0) is 52.3 Å². The van der Waals surface area contributed by atoms with Crippen LogP contribution in [0.15, 0.2) is 77.3 Å². The van der Waals surface area contributed by atoms with Gasteiger partial charge in [-0.15, -0.1) is 0 Å². The summed E-state index contributed by atoms with van der Waals surface area (Å²) >= 11 is 3.23. The van der Waals surface area contributed by atoms with E-state index in [2.05, 4.69) is 20.9 Å². The minimum absolute atomic E-state index is 0.00819. The number of imidazole rings is 1. The molecule has 0 atom stereocenters. The summed E-state index contributed by atoms with van der Waals surface area (Å²) in [5.41, 5.74) is 4.13. The van der Waals surface area contributed by atoms with Crippen molar-refractivity contribution in [3.63, 3.8) is 0 Å². The Morgan fingerprint density at radius 1 is 0.966 bits per heavy atom. The van der Waals surface area contributed by atoms with Crippen molar-refractivity contribution in [1.29, 1.82) is 0 Å². The van der Waals surface area contributed by atoms with E-state index in [1.807, 2.05) is 54.6 Å². The van der Waals surface area contributed by atoms with E-state index >= 15 is 0 Å². The van der Waals surface area contributed by atoms with Crippen LogP contribution in [0.1, 0.15) is 0 Å². The van der Waals surface area contributed by atoms with Crippen molar-refractivity contribution >= 4 is 21.6 Å². The molecular weight excluding hydrogens is 434 g/mol. The monoisotopic (exact) mass is 449 g/mol. The van der Waals surface area contributed by atoms with Crippen LogP contribution in [0.25, 0.3) is 33.9 Å². The number of methoxy groups -OCH3 is 1. The molecule has 0 radical (unpaired) electrons. The van der Waals surface area contributed by atoms with E-state index in [1.165, 1.54) is 6.07 Å². The molecular formula is C22H16BrN3O3. The van der Waals surface area contributed by atoms with Gasteiger partial charge in [0.05, 0.1) is 27.9 Å². The van der Waals surface area contributed by atoms with Gasteiger partial charge in [0, 0.05) is 22.8 Å². The third-order valence-electron chi connectivity index (χ3n) is 4.55. The molecule has 0 amide bonds. The summed E-state index contributed by atoms with van der Waals surface area (Å²) in [5.74, 6) is 1.32. The number of aromatic amines is 1. The molecule has 0 spiro atoms. The number of nitrogens with zero attached hydrogens (tertiary/aromatic N) is 2. The number of nitro benzene ring substituents is 1. The largest absolute Gasteiger partial charge is 0.497 e. The molecule has 0 unspecified atom stereocenters. The molecule has 7 heteroatoms. The average Bonchev–Trinajstić information content (AvgIpc) is 3.20. The fraction of sp³-hybridized carbons (Fsp3) is 0.0455. The van der Waals surface area contributed by atoms with Crippen LogP contribution in [0.2, 0.25) is 0 Å². The number of rotatable bonds is 5. The Morgan fingerprint density at radius 2 is 1.66 bits per heavy atom. The maximum atomic E-state index is 11.3. The molecule has 0 aliphatic heterocycles. The molecule has 0 saturated heterocycles. The quantitative estimate of drug-likeness (QED) is 0.295. The highest BCUT2D eigenvalue weighted by Gasteiger charge is 2.18. The van der Waals surface area contributed by atoms with Gasteiger partial charge in [-0.1, -0.05) is 30.3 Å². The zero-order valence-electron chi connectivity index (χ0n) is 15.4. The zero-order chi connectivity index (χ0) is 20.4. The van der Waals surface area contributed by atoms with Crippen molar-refractivity contribution in [2.24, 2.45) is 0 Å². The summed E-state index contributed by atoms with van der Waals surface area (Å²) in [6.45, 7) is 0. The van der Waals surface area contributed by atoms with Gasteiger partial charge in [0.1, 0.15) is 11.6 Å². The second-order valence-corrected chi connectivity index (χ2v) is 7.18. The van der Waals surface area contributed by atoms with Crippen molar-refractivity contribution in [3.8, 4) is 39.7 Å². The van der Waals surface area contributed by atoms with E-state index in [-0.39, 0.29) is 5.69 Å². The van der Waals surface area contributed by atoms with Crippen molar-refractivity contribution < 1.29 is 9.66 Å². The SMILES string of the molecule is COc1ccc(-c2[nH]c(-c3ccc(Br)c([N+](=O)[O-])c3)nc2-c2ccccc2)cc1. The number of H-pyrrole nitrogens is 1. The summed E-state index contributed by atoms with van der Waals surface area (Å²) in [7, 11) is 1.62. The predicted octanol–water partition coefficient (Wildman–Crippen LogP) is 6.09. The maximum absolute atomic E-state index is 11.3. The molecule has 6 nitrogen and oxygen atoms in total. The molecule has 0 fully saturated rings. The lowest BCUT2D eigenvalue weighted by Crippen LogP contribution is -1.91. The van der Waals surface area contributed by atoms with Gasteiger partial charge >= 0.3 is 0 Å². The number of hydrogen-bond donors (Lipinski definition) is 1. The molecule has 1 N–H and O–H groups in total. The van der Waals surface area contributed by atoms with Crippen LogP contribution in [-0.4, -0.2) is 22.0 Å². The summed E-state index contributed by atoms with van der Waals surface area (Å²) in [6, 6.07) is 22.4. The molecule has 4 rings (SSSR count). The van der Waals surface area contributed by atoms with Crippen LogP contribution in [0, 0.1) is 10.1 Å². The number of hydrogen-bond acceptors (Lipinski definition) is 4. The van der Waals surface area contributed by atoms with E-state index < -0.39 is 4.92 Å². The van der Waals surface area contributed by atoms with Gasteiger partial charge in [-0.25, -0.2) is 4.98 Å². The smallest absolute Gasteiger partial charge is 0.284 e. The van der Waals surface area contributed by atoms with Crippen molar-refractivity contribution in [3.05, 3.63) is 87.4 Å². The Bertz CT molecular complexity index is 1170. The minimum atomic E-state index is -0.418. The molecule has 0 bridgehead atoms. The molecule has 0 aliphatic carbocycles. The number of ether oxygens (including phenoxy) is 1. The van der Waals surface area contributed by atoms with Gasteiger partial charge in [0.25, 0.3) is 5.69 Å². The van der Waals surface area contributed by atoms with Crippen LogP contribution in [-0.2, 0) is 0 Å². The summed E-state index contributed by atoms with van der Waals surface area (Å²) in [4.78, 5) is 19.0. The first-order valence-electron chi connectivity index (χ1n) is 8.81. The predicted molar refractivity (Wildman–Crippen MR) is 116 cm³/mol. The summed E-state index contributed by atoms with van der Waals surface area (Å²) in [5, 5.41) is 11.3. The highest BCUT2D eigenvalue weighted by Crippen LogP contribution is 2.35. The highest BCUT2D eigenvalue weighted by molar-refractivity contribution is 9.10. The second-order valence-electron chi connectivity index (χ2n) is 6.33. The van der Waals surface area contributed by atoms with Gasteiger partial charge in [0.2, 0.25) is 0 Å². The van der Waals surface area contributed by atoms with E-state index in [1.54, 1.807) is 19.2 Å². The van der Waals surface area contributed by atoms with Gasteiger partial charge in [0.15, 0.2) is 0 Å². The number of nitro groups is 1. The number of aromatic nitrogens is 2. The molecule has 4 aromatic rings. The molecule has 0 saturated carbocycles. The van der Waals surface area contributed by atoms with E-state index in [0.717, 1.165) is 28.3 Å². The van der Waals surface area contributed by atoms with Crippen molar-refractivity contribution in [1.82, 2.24) is 9.97 Å². The highest BCUT2D eigenvalue weighted by atomic mass is 79.9. The minimum Gasteiger partial charge on any atom is -0.497 e. The maximum Gasteiger partial charge on any atom is 0.284 e. The average molecular weight is 450 g/mol. The third kappa shape index (κ3) is 3.77. The Labute approximate surface area is 175 Å².